The van der Waals surface area contributed by atoms with E-state index in [9.17, 15) is 13.2 Å². The van der Waals surface area contributed by atoms with Crippen LogP contribution < -0.4 is 9.47 Å². The molecule has 0 unspecified atom stereocenters. The van der Waals surface area contributed by atoms with Gasteiger partial charge in [-0.3, -0.25) is 4.79 Å². The van der Waals surface area contributed by atoms with E-state index in [1.807, 2.05) is 42.6 Å². The predicted octanol–water partition coefficient (Wildman–Crippen LogP) is 4.19. The van der Waals surface area contributed by atoms with E-state index in [0.717, 1.165) is 20.3 Å². The maximum atomic E-state index is 13.5. The second kappa shape index (κ2) is 10.4. The van der Waals surface area contributed by atoms with Crippen LogP contribution in [0, 0.1) is 6.92 Å². The standard InChI is InChI=1S/C25H26N2O5S2/c1-3-12-27(34(29,30)22-9-6-19(2)7-10-22)17-25(28)26(16-21-5-4-13-33-21)15-20-8-11-23-24(14-20)32-18-31-23/h3-11,13-14H,1,12,15-18H2,2H3. The Morgan fingerprint density at radius 2 is 1.85 bits per heavy atom. The van der Waals surface area contributed by atoms with Crippen molar-refractivity contribution in [3.05, 3.63) is 88.6 Å². The van der Waals surface area contributed by atoms with Gasteiger partial charge in [-0.25, -0.2) is 8.42 Å². The van der Waals surface area contributed by atoms with E-state index >= 15 is 0 Å². The molecule has 1 aromatic heterocycles. The Bertz CT molecular complexity index is 1250. The topological polar surface area (TPSA) is 76.2 Å². The van der Waals surface area contributed by atoms with Crippen LogP contribution in [0.15, 0.2) is 77.5 Å². The number of amides is 1. The third kappa shape index (κ3) is 5.49. The molecule has 1 amide bonds. The summed E-state index contributed by atoms with van der Waals surface area (Å²) in [5.41, 5.74) is 1.82. The first kappa shape index (κ1) is 24.0. The normalized spacial score (nSPS) is 12.6. The Labute approximate surface area is 203 Å². The molecule has 0 fully saturated rings. The molecule has 0 spiro atoms. The Hall–Kier alpha value is -3.14. The minimum absolute atomic E-state index is 0.0266. The second-order valence-corrected chi connectivity index (χ2v) is 10.9. The summed E-state index contributed by atoms with van der Waals surface area (Å²) in [6.45, 7) is 6.15. The van der Waals surface area contributed by atoms with Crippen LogP contribution >= 0.6 is 11.3 Å². The Morgan fingerprint density at radius 3 is 2.56 bits per heavy atom. The van der Waals surface area contributed by atoms with Crippen molar-refractivity contribution >= 4 is 27.3 Å². The van der Waals surface area contributed by atoms with Gasteiger partial charge in [0.1, 0.15) is 0 Å². The summed E-state index contributed by atoms with van der Waals surface area (Å²) in [4.78, 5) is 16.3. The molecule has 0 saturated carbocycles. The van der Waals surface area contributed by atoms with Gasteiger partial charge in [0.25, 0.3) is 0 Å². The minimum atomic E-state index is -3.87. The lowest BCUT2D eigenvalue weighted by atomic mass is 10.2. The van der Waals surface area contributed by atoms with Crippen molar-refractivity contribution in [2.45, 2.75) is 24.9 Å². The van der Waals surface area contributed by atoms with E-state index in [-0.39, 0.29) is 30.7 Å². The molecule has 0 radical (unpaired) electrons. The first-order valence-electron chi connectivity index (χ1n) is 10.7. The summed E-state index contributed by atoms with van der Waals surface area (Å²) in [5, 5.41) is 1.95. The van der Waals surface area contributed by atoms with Gasteiger partial charge in [0.05, 0.1) is 18.0 Å². The Morgan fingerprint density at radius 1 is 1.09 bits per heavy atom. The highest BCUT2D eigenvalue weighted by Crippen LogP contribution is 2.33. The summed E-state index contributed by atoms with van der Waals surface area (Å²) < 4.78 is 38.5. The van der Waals surface area contributed by atoms with Crippen molar-refractivity contribution < 1.29 is 22.7 Å². The van der Waals surface area contributed by atoms with Crippen LogP contribution in [-0.4, -0.2) is 43.4 Å². The van der Waals surface area contributed by atoms with Gasteiger partial charge in [0.2, 0.25) is 22.7 Å². The van der Waals surface area contributed by atoms with Gasteiger partial charge in [-0.1, -0.05) is 35.9 Å². The number of carbonyl (C=O) groups excluding carboxylic acids is 1. The summed E-state index contributed by atoms with van der Waals surface area (Å²) in [6, 6.07) is 16.0. The maximum Gasteiger partial charge on any atom is 0.243 e. The van der Waals surface area contributed by atoms with Crippen LogP contribution in [0.25, 0.3) is 0 Å². The molecule has 4 rings (SSSR count). The number of fused-ring (bicyclic) bond motifs is 1. The van der Waals surface area contributed by atoms with Crippen molar-refractivity contribution in [2.75, 3.05) is 19.9 Å². The molecule has 0 N–H and O–H groups in total. The lowest BCUT2D eigenvalue weighted by Gasteiger charge is -2.27. The smallest absolute Gasteiger partial charge is 0.243 e. The summed E-state index contributed by atoms with van der Waals surface area (Å²) in [7, 11) is -3.87. The SMILES string of the molecule is C=CCN(CC(=O)N(Cc1ccc2c(c1)OCO2)Cc1cccs1)S(=O)(=O)c1ccc(C)cc1. The Balaban J connectivity index is 1.57. The summed E-state index contributed by atoms with van der Waals surface area (Å²) >= 11 is 1.55. The van der Waals surface area contributed by atoms with Crippen LogP contribution in [0.4, 0.5) is 0 Å². The molecular weight excluding hydrogens is 472 g/mol. The maximum absolute atomic E-state index is 13.5. The van der Waals surface area contributed by atoms with E-state index in [1.165, 1.54) is 6.08 Å². The number of thiophene rings is 1. The third-order valence-corrected chi connectivity index (χ3v) is 8.08. The molecule has 7 nitrogen and oxygen atoms in total. The van der Waals surface area contributed by atoms with Gasteiger partial charge in [-0.15, -0.1) is 17.9 Å². The average molecular weight is 499 g/mol. The van der Waals surface area contributed by atoms with Gasteiger partial charge in [-0.2, -0.15) is 4.31 Å². The monoisotopic (exact) mass is 498 g/mol. The summed E-state index contributed by atoms with van der Waals surface area (Å²) in [6.07, 6.45) is 1.49. The fourth-order valence-corrected chi connectivity index (χ4v) is 5.66. The van der Waals surface area contributed by atoms with Crippen LogP contribution in [0.2, 0.25) is 0 Å². The molecule has 2 aromatic carbocycles. The Kier molecular flexibility index (Phi) is 7.35. The number of hydrogen-bond acceptors (Lipinski definition) is 6. The highest BCUT2D eigenvalue weighted by atomic mass is 32.2. The molecule has 0 atom stereocenters. The quantitative estimate of drug-likeness (QED) is 0.392. The van der Waals surface area contributed by atoms with Gasteiger partial charge in [-0.05, 0) is 48.2 Å². The lowest BCUT2D eigenvalue weighted by Crippen LogP contribution is -2.42. The van der Waals surface area contributed by atoms with Crippen LogP contribution in [-0.2, 0) is 27.9 Å². The van der Waals surface area contributed by atoms with Crippen LogP contribution in [0.3, 0.4) is 0 Å². The zero-order valence-electron chi connectivity index (χ0n) is 18.8. The minimum Gasteiger partial charge on any atom is -0.454 e. The number of sulfonamides is 1. The zero-order chi connectivity index (χ0) is 24.1. The zero-order valence-corrected chi connectivity index (χ0v) is 20.5. The first-order chi connectivity index (χ1) is 16.4. The molecule has 0 bridgehead atoms. The molecule has 0 saturated heterocycles. The van der Waals surface area contributed by atoms with Crippen molar-refractivity contribution in [1.82, 2.24) is 9.21 Å². The number of hydrogen-bond donors (Lipinski definition) is 0. The van der Waals surface area contributed by atoms with E-state index in [2.05, 4.69) is 6.58 Å². The fourth-order valence-electron chi connectivity index (χ4n) is 3.58. The van der Waals surface area contributed by atoms with Gasteiger partial charge in [0.15, 0.2) is 11.5 Å². The number of rotatable bonds is 10. The summed E-state index contributed by atoms with van der Waals surface area (Å²) in [5.74, 6) is 1.00. The second-order valence-electron chi connectivity index (χ2n) is 7.92. The van der Waals surface area contributed by atoms with Crippen LogP contribution in [0.1, 0.15) is 16.0 Å². The van der Waals surface area contributed by atoms with E-state index in [1.54, 1.807) is 40.5 Å². The number of nitrogens with zero attached hydrogens (tertiary/aromatic N) is 2. The highest BCUT2D eigenvalue weighted by molar-refractivity contribution is 7.89. The number of benzene rings is 2. The van der Waals surface area contributed by atoms with Gasteiger partial charge >= 0.3 is 0 Å². The molecular formula is C25H26N2O5S2. The molecule has 1 aliphatic heterocycles. The molecule has 9 heteroatoms. The van der Waals surface area contributed by atoms with Gasteiger partial charge in [0, 0.05) is 18.0 Å². The van der Waals surface area contributed by atoms with Gasteiger partial charge < -0.3 is 14.4 Å². The van der Waals surface area contributed by atoms with Crippen LogP contribution in [0.5, 0.6) is 11.5 Å². The lowest BCUT2D eigenvalue weighted by molar-refractivity contribution is -0.132. The number of ether oxygens (including phenoxy) is 2. The molecule has 2 heterocycles. The predicted molar refractivity (Wildman–Crippen MR) is 131 cm³/mol. The van der Waals surface area contributed by atoms with Crippen molar-refractivity contribution in [3.63, 3.8) is 0 Å². The third-order valence-electron chi connectivity index (χ3n) is 5.39. The molecule has 178 valence electrons. The largest absolute Gasteiger partial charge is 0.454 e. The average Bonchev–Trinajstić information content (AvgIpc) is 3.50. The molecule has 34 heavy (non-hydrogen) atoms. The van der Waals surface area contributed by atoms with Crippen molar-refractivity contribution in [1.29, 1.82) is 0 Å². The van der Waals surface area contributed by atoms with E-state index in [4.69, 9.17) is 9.47 Å². The number of aryl methyl sites for hydroxylation is 1. The van der Waals surface area contributed by atoms with E-state index < -0.39 is 10.0 Å². The van der Waals surface area contributed by atoms with Crippen molar-refractivity contribution in [2.24, 2.45) is 0 Å². The molecule has 0 aliphatic carbocycles. The molecule has 3 aromatic rings. The van der Waals surface area contributed by atoms with E-state index in [0.29, 0.717) is 24.6 Å². The molecule has 1 aliphatic rings. The van der Waals surface area contributed by atoms with Crippen molar-refractivity contribution in [3.8, 4) is 11.5 Å². The highest BCUT2D eigenvalue weighted by Gasteiger charge is 2.28. The number of carbonyl (C=O) groups is 1. The first-order valence-corrected chi connectivity index (χ1v) is 13.0. The fraction of sp³-hybridized carbons (Fsp3) is 0.240.